The van der Waals surface area contributed by atoms with Crippen LogP contribution < -0.4 is 4.74 Å². The molecule has 0 radical (unpaired) electrons. The van der Waals surface area contributed by atoms with Gasteiger partial charge in [0, 0.05) is 62.2 Å². The van der Waals surface area contributed by atoms with Gasteiger partial charge in [0.25, 0.3) is 11.8 Å². The van der Waals surface area contributed by atoms with E-state index >= 15 is 0 Å². The van der Waals surface area contributed by atoms with Gasteiger partial charge in [-0.05, 0) is 48.1 Å². The van der Waals surface area contributed by atoms with Crippen LogP contribution >= 0.6 is 0 Å². The molecule has 2 heterocycles. The molecule has 0 aliphatic carbocycles. The molecule has 0 unspecified atom stereocenters. The van der Waals surface area contributed by atoms with Crippen LogP contribution in [-0.4, -0.2) is 78.8 Å². The number of hydrogen-bond acceptors (Lipinski definition) is 5. The van der Waals surface area contributed by atoms with E-state index in [9.17, 15) is 14.4 Å². The smallest absolute Gasteiger partial charge is 0.261 e. The summed E-state index contributed by atoms with van der Waals surface area (Å²) in [5.74, 6) is 0.399. The first-order chi connectivity index (χ1) is 17.5. The second kappa shape index (κ2) is 10.5. The first-order valence-corrected chi connectivity index (χ1v) is 12.6. The van der Waals surface area contributed by atoms with Crippen LogP contribution in [0.4, 0.5) is 0 Å². The largest absolute Gasteiger partial charge is 0.497 e. The molecule has 5 rings (SSSR count). The molecule has 1 saturated heterocycles. The summed E-state index contributed by atoms with van der Waals surface area (Å²) in [5, 5.41) is 1.62. The van der Waals surface area contributed by atoms with Gasteiger partial charge in [0.1, 0.15) is 5.75 Å². The van der Waals surface area contributed by atoms with E-state index in [1.165, 1.54) is 10.5 Å². The molecule has 3 aromatic rings. The Morgan fingerprint density at radius 1 is 0.833 bits per heavy atom. The van der Waals surface area contributed by atoms with E-state index in [1.54, 1.807) is 19.2 Å². The van der Waals surface area contributed by atoms with Crippen LogP contribution in [0.25, 0.3) is 10.8 Å². The zero-order valence-corrected chi connectivity index (χ0v) is 20.6. The van der Waals surface area contributed by atoms with Crippen LogP contribution in [0, 0.1) is 0 Å². The number of piperazine rings is 1. The maximum Gasteiger partial charge on any atom is 0.261 e. The molecule has 2 aliphatic heterocycles. The number of nitrogens with zero attached hydrogens (tertiary/aromatic N) is 3. The number of benzene rings is 3. The van der Waals surface area contributed by atoms with Crippen LogP contribution in [0.3, 0.4) is 0 Å². The highest BCUT2D eigenvalue weighted by Crippen LogP contribution is 2.30. The standard InChI is InChI=1S/C29H31N3O4/c1-36-23-12-10-21(11-13-23)14-16-30-17-19-31(20-18-30)26(33)9-4-15-32-28(34)24-7-2-5-22-6-3-8-25(27(22)24)29(32)35/h2-3,5-8,10-13H,4,9,14-20H2,1H3. The maximum atomic E-state index is 13.0. The third-order valence-electron chi connectivity index (χ3n) is 7.23. The Morgan fingerprint density at radius 3 is 2.08 bits per heavy atom. The van der Waals surface area contributed by atoms with Gasteiger partial charge >= 0.3 is 0 Å². The fraction of sp³-hybridized carbons (Fsp3) is 0.345. The van der Waals surface area contributed by atoms with Crippen molar-refractivity contribution in [2.75, 3.05) is 46.4 Å². The Kier molecular flexibility index (Phi) is 7.00. The molecule has 186 valence electrons. The predicted molar refractivity (Wildman–Crippen MR) is 138 cm³/mol. The minimum Gasteiger partial charge on any atom is -0.497 e. The summed E-state index contributed by atoms with van der Waals surface area (Å²) in [6.45, 7) is 4.33. The van der Waals surface area contributed by atoms with Crippen molar-refractivity contribution in [1.29, 1.82) is 0 Å². The molecule has 0 atom stereocenters. The molecule has 0 N–H and O–H groups in total. The lowest BCUT2D eigenvalue weighted by molar-refractivity contribution is -0.133. The average Bonchev–Trinajstić information content (AvgIpc) is 2.92. The Bertz CT molecular complexity index is 1230. The average molecular weight is 486 g/mol. The van der Waals surface area contributed by atoms with E-state index in [-0.39, 0.29) is 24.3 Å². The number of imide groups is 1. The van der Waals surface area contributed by atoms with Crippen molar-refractivity contribution >= 4 is 28.5 Å². The first-order valence-electron chi connectivity index (χ1n) is 12.6. The SMILES string of the molecule is COc1ccc(CCN2CCN(C(=O)CCCN3C(=O)c4cccc5cccc(c45)C3=O)CC2)cc1. The number of rotatable bonds is 8. The summed E-state index contributed by atoms with van der Waals surface area (Å²) < 4.78 is 5.21. The fourth-order valence-electron chi connectivity index (χ4n) is 5.13. The highest BCUT2D eigenvalue weighted by Gasteiger charge is 2.32. The topological polar surface area (TPSA) is 70.2 Å². The van der Waals surface area contributed by atoms with E-state index < -0.39 is 0 Å². The van der Waals surface area contributed by atoms with E-state index in [1.807, 2.05) is 41.3 Å². The lowest BCUT2D eigenvalue weighted by atomic mass is 9.94. The summed E-state index contributed by atoms with van der Waals surface area (Å²) in [5.41, 5.74) is 2.38. The summed E-state index contributed by atoms with van der Waals surface area (Å²) in [6.07, 6.45) is 1.76. The van der Waals surface area contributed by atoms with Crippen molar-refractivity contribution in [1.82, 2.24) is 14.7 Å². The monoisotopic (exact) mass is 485 g/mol. The van der Waals surface area contributed by atoms with Gasteiger partial charge in [-0.25, -0.2) is 0 Å². The summed E-state index contributed by atoms with van der Waals surface area (Å²) in [6, 6.07) is 19.2. The maximum absolute atomic E-state index is 13.0. The van der Waals surface area contributed by atoms with Crippen molar-refractivity contribution < 1.29 is 19.1 Å². The summed E-state index contributed by atoms with van der Waals surface area (Å²) in [4.78, 5) is 44.4. The van der Waals surface area contributed by atoms with Gasteiger partial charge in [-0.1, -0.05) is 36.4 Å². The zero-order chi connectivity index (χ0) is 25.1. The number of amides is 3. The van der Waals surface area contributed by atoms with Crippen molar-refractivity contribution in [3.63, 3.8) is 0 Å². The Hall–Kier alpha value is -3.71. The minimum absolute atomic E-state index is 0.0872. The van der Waals surface area contributed by atoms with Gasteiger partial charge in [0.2, 0.25) is 5.91 Å². The molecule has 7 nitrogen and oxygen atoms in total. The molecule has 36 heavy (non-hydrogen) atoms. The van der Waals surface area contributed by atoms with Crippen molar-refractivity contribution in [3.8, 4) is 5.75 Å². The van der Waals surface area contributed by atoms with E-state index in [2.05, 4.69) is 17.0 Å². The molecule has 7 heteroatoms. The third-order valence-corrected chi connectivity index (χ3v) is 7.23. The van der Waals surface area contributed by atoms with Crippen molar-refractivity contribution in [2.45, 2.75) is 19.3 Å². The quantitative estimate of drug-likeness (QED) is 0.456. The highest BCUT2D eigenvalue weighted by molar-refractivity contribution is 6.25. The normalized spacial score (nSPS) is 16.0. The number of carbonyl (C=O) groups is 3. The van der Waals surface area contributed by atoms with Gasteiger partial charge in [0.15, 0.2) is 0 Å². The molecule has 0 saturated carbocycles. The van der Waals surface area contributed by atoms with Gasteiger partial charge in [-0.3, -0.25) is 24.2 Å². The lowest BCUT2D eigenvalue weighted by Crippen LogP contribution is -2.49. The van der Waals surface area contributed by atoms with E-state index in [0.717, 1.165) is 42.6 Å². The molecule has 1 fully saturated rings. The van der Waals surface area contributed by atoms with Crippen LogP contribution in [0.5, 0.6) is 5.75 Å². The third kappa shape index (κ3) is 4.84. The van der Waals surface area contributed by atoms with Gasteiger partial charge in [0.05, 0.1) is 7.11 Å². The first kappa shape index (κ1) is 24.0. The van der Waals surface area contributed by atoms with Crippen LogP contribution in [0.1, 0.15) is 39.1 Å². The van der Waals surface area contributed by atoms with Crippen molar-refractivity contribution in [3.05, 3.63) is 77.4 Å². The summed E-state index contributed by atoms with van der Waals surface area (Å²) >= 11 is 0. The molecule has 0 spiro atoms. The van der Waals surface area contributed by atoms with E-state index in [4.69, 9.17) is 4.74 Å². The van der Waals surface area contributed by atoms with Gasteiger partial charge in [-0.2, -0.15) is 0 Å². The lowest BCUT2D eigenvalue weighted by Gasteiger charge is -2.35. The van der Waals surface area contributed by atoms with Crippen LogP contribution in [0.15, 0.2) is 60.7 Å². The molecule has 0 aromatic heterocycles. The fourth-order valence-corrected chi connectivity index (χ4v) is 5.13. The second-order valence-corrected chi connectivity index (χ2v) is 9.40. The number of ether oxygens (including phenoxy) is 1. The Labute approximate surface area is 211 Å². The second-order valence-electron chi connectivity index (χ2n) is 9.40. The predicted octanol–water partition coefficient (Wildman–Crippen LogP) is 3.61. The number of carbonyl (C=O) groups excluding carboxylic acids is 3. The minimum atomic E-state index is -0.276. The molecule has 3 aromatic carbocycles. The van der Waals surface area contributed by atoms with Crippen molar-refractivity contribution in [2.24, 2.45) is 0 Å². The zero-order valence-electron chi connectivity index (χ0n) is 20.6. The highest BCUT2D eigenvalue weighted by atomic mass is 16.5. The molecule has 0 bridgehead atoms. The van der Waals surface area contributed by atoms with Gasteiger partial charge < -0.3 is 9.64 Å². The summed E-state index contributed by atoms with van der Waals surface area (Å²) in [7, 11) is 1.67. The number of hydrogen-bond donors (Lipinski definition) is 0. The molecular weight excluding hydrogens is 454 g/mol. The Morgan fingerprint density at radius 2 is 1.47 bits per heavy atom. The van der Waals surface area contributed by atoms with Crippen LogP contribution in [0.2, 0.25) is 0 Å². The Balaban J connectivity index is 1.08. The molecular formula is C29H31N3O4. The molecule has 3 amide bonds. The number of methoxy groups -OCH3 is 1. The van der Waals surface area contributed by atoms with E-state index in [0.29, 0.717) is 37.1 Å². The van der Waals surface area contributed by atoms with Crippen LogP contribution in [-0.2, 0) is 11.2 Å². The van der Waals surface area contributed by atoms with Gasteiger partial charge in [-0.15, -0.1) is 0 Å². The molecule has 2 aliphatic rings.